The molecule has 1 aliphatic rings. The molecule has 8 heteroatoms. The summed E-state index contributed by atoms with van der Waals surface area (Å²) in [6.07, 6.45) is 0. The van der Waals surface area contributed by atoms with Gasteiger partial charge in [-0.2, -0.15) is 16.4 Å². The van der Waals surface area contributed by atoms with E-state index in [4.69, 9.17) is 4.74 Å². The van der Waals surface area contributed by atoms with Gasteiger partial charge < -0.3 is 10.1 Å². The topological polar surface area (TPSA) is 74.7 Å². The van der Waals surface area contributed by atoms with Crippen molar-refractivity contribution in [2.75, 3.05) is 39.4 Å². The summed E-state index contributed by atoms with van der Waals surface area (Å²) < 4.78 is 7.06. The molecule has 1 aliphatic heterocycles. The highest BCUT2D eigenvalue weighted by atomic mass is 32.1. The number of rotatable bonds is 6. The Hall–Kier alpha value is -2.52. The minimum Gasteiger partial charge on any atom is -0.379 e. The smallest absolute Gasteiger partial charge is 0.348 e. The lowest BCUT2D eigenvalue weighted by Crippen LogP contribution is -2.40. The van der Waals surface area contributed by atoms with Crippen molar-refractivity contribution < 1.29 is 4.74 Å². The van der Waals surface area contributed by atoms with Gasteiger partial charge in [-0.05, 0) is 45.6 Å². The highest BCUT2D eigenvalue weighted by Crippen LogP contribution is 2.28. The Balaban J connectivity index is 1.44. The third kappa shape index (κ3) is 3.72. The molecule has 0 amide bonds. The van der Waals surface area contributed by atoms with Crippen LogP contribution in [0.3, 0.4) is 0 Å². The lowest BCUT2D eigenvalue weighted by molar-refractivity contribution is 0.0384. The van der Waals surface area contributed by atoms with Crippen LogP contribution >= 0.6 is 11.3 Å². The summed E-state index contributed by atoms with van der Waals surface area (Å²) in [5.41, 5.74) is 4.73. The molecule has 1 saturated heterocycles. The maximum atomic E-state index is 12.4. The Labute approximate surface area is 171 Å². The largest absolute Gasteiger partial charge is 0.379 e. The molecule has 1 aromatic carbocycles. The molecule has 2 N–H and O–H groups in total. The number of aromatic nitrogens is 3. The molecule has 4 heterocycles. The molecule has 0 radical (unpaired) electrons. The van der Waals surface area contributed by atoms with E-state index in [2.05, 4.69) is 55.4 Å². The van der Waals surface area contributed by atoms with E-state index in [1.807, 2.05) is 6.07 Å². The van der Waals surface area contributed by atoms with Crippen molar-refractivity contribution in [3.8, 4) is 11.1 Å². The Morgan fingerprint density at radius 1 is 1.17 bits per heavy atom. The van der Waals surface area contributed by atoms with Crippen LogP contribution in [-0.4, -0.2) is 58.9 Å². The molecule has 29 heavy (non-hydrogen) atoms. The van der Waals surface area contributed by atoms with Crippen LogP contribution in [0.2, 0.25) is 0 Å². The average molecular weight is 410 g/mol. The van der Waals surface area contributed by atoms with E-state index >= 15 is 0 Å². The van der Waals surface area contributed by atoms with Gasteiger partial charge >= 0.3 is 5.69 Å². The van der Waals surface area contributed by atoms with Crippen LogP contribution in [0, 0.1) is 0 Å². The van der Waals surface area contributed by atoms with Gasteiger partial charge in [-0.3, -0.25) is 4.90 Å². The zero-order valence-corrected chi connectivity index (χ0v) is 16.9. The summed E-state index contributed by atoms with van der Waals surface area (Å²) in [5, 5.41) is 15.6. The number of nitrogens with one attached hydrogen (secondary N) is 2. The van der Waals surface area contributed by atoms with E-state index in [9.17, 15) is 4.79 Å². The van der Waals surface area contributed by atoms with Crippen molar-refractivity contribution in [1.29, 1.82) is 0 Å². The number of pyridine rings is 1. The maximum Gasteiger partial charge on any atom is 0.348 e. The van der Waals surface area contributed by atoms with Crippen LogP contribution in [0.25, 0.3) is 27.7 Å². The average Bonchev–Trinajstić information content (AvgIpc) is 3.42. The SMILES string of the molecule is O=c1[nH]nc2cc(CNCCN3CCOCC3)c3ccc(-c4ccsc4)cc3n12. The molecule has 5 rings (SSSR count). The van der Waals surface area contributed by atoms with Gasteiger partial charge in [-0.25, -0.2) is 14.3 Å². The zero-order chi connectivity index (χ0) is 19.6. The molecule has 3 aromatic heterocycles. The zero-order valence-electron chi connectivity index (χ0n) is 16.1. The van der Waals surface area contributed by atoms with E-state index < -0.39 is 0 Å². The highest BCUT2D eigenvalue weighted by molar-refractivity contribution is 7.08. The fraction of sp³-hybridized carbons (Fsp3) is 0.333. The molecule has 0 unspecified atom stereocenters. The van der Waals surface area contributed by atoms with Crippen LogP contribution in [0.15, 0.2) is 45.9 Å². The molecular weight excluding hydrogens is 386 g/mol. The fourth-order valence-electron chi connectivity index (χ4n) is 3.90. The van der Waals surface area contributed by atoms with Gasteiger partial charge in [0.2, 0.25) is 0 Å². The van der Waals surface area contributed by atoms with Crippen LogP contribution in [-0.2, 0) is 11.3 Å². The first-order valence-electron chi connectivity index (χ1n) is 9.86. The van der Waals surface area contributed by atoms with Crippen molar-refractivity contribution in [3.63, 3.8) is 0 Å². The van der Waals surface area contributed by atoms with Crippen molar-refractivity contribution in [1.82, 2.24) is 24.8 Å². The standard InChI is InChI=1S/C21H23N5O2S/c27-21-24-23-20-12-17(13-22-4-5-25-6-8-28-9-7-25)18-2-1-15(11-19(18)26(20)21)16-3-10-29-14-16/h1-3,10-12,14,22H,4-9,13H2,(H,24,27). The van der Waals surface area contributed by atoms with Crippen LogP contribution < -0.4 is 11.0 Å². The number of hydrogen-bond acceptors (Lipinski definition) is 6. The molecule has 0 saturated carbocycles. The third-order valence-corrected chi connectivity index (χ3v) is 6.15. The van der Waals surface area contributed by atoms with Crippen molar-refractivity contribution >= 4 is 27.9 Å². The van der Waals surface area contributed by atoms with Crippen molar-refractivity contribution in [2.45, 2.75) is 6.54 Å². The molecular formula is C21H23N5O2S. The van der Waals surface area contributed by atoms with Crippen LogP contribution in [0.5, 0.6) is 0 Å². The number of morpholine rings is 1. The van der Waals surface area contributed by atoms with Crippen molar-refractivity contribution in [2.24, 2.45) is 0 Å². The Morgan fingerprint density at radius 3 is 2.90 bits per heavy atom. The number of aromatic amines is 1. The summed E-state index contributed by atoms with van der Waals surface area (Å²) in [5.74, 6) is 0. The quantitative estimate of drug-likeness (QED) is 0.478. The van der Waals surface area contributed by atoms with E-state index in [1.54, 1.807) is 15.7 Å². The number of fused-ring (bicyclic) bond motifs is 3. The van der Waals surface area contributed by atoms with E-state index in [0.29, 0.717) is 5.65 Å². The first-order chi connectivity index (χ1) is 14.3. The molecule has 0 atom stereocenters. The summed E-state index contributed by atoms with van der Waals surface area (Å²) in [6.45, 7) is 6.29. The monoisotopic (exact) mass is 409 g/mol. The van der Waals surface area contributed by atoms with Gasteiger partial charge in [-0.1, -0.05) is 12.1 Å². The van der Waals surface area contributed by atoms with E-state index in [0.717, 1.165) is 73.5 Å². The molecule has 150 valence electrons. The van der Waals surface area contributed by atoms with Crippen LogP contribution in [0.4, 0.5) is 0 Å². The Kier molecular flexibility index (Phi) is 5.15. The lowest BCUT2D eigenvalue weighted by Gasteiger charge is -2.26. The second kappa shape index (κ2) is 8.08. The second-order valence-electron chi connectivity index (χ2n) is 7.27. The van der Waals surface area contributed by atoms with Crippen molar-refractivity contribution in [3.05, 3.63) is 57.1 Å². The first-order valence-corrected chi connectivity index (χ1v) is 10.8. The minimum absolute atomic E-state index is 0.209. The van der Waals surface area contributed by atoms with E-state index in [-0.39, 0.29) is 5.69 Å². The van der Waals surface area contributed by atoms with Crippen LogP contribution in [0.1, 0.15) is 5.56 Å². The number of thiophene rings is 1. The van der Waals surface area contributed by atoms with E-state index in [1.165, 1.54) is 0 Å². The van der Waals surface area contributed by atoms with Gasteiger partial charge in [0.1, 0.15) is 0 Å². The van der Waals surface area contributed by atoms with Gasteiger partial charge in [0, 0.05) is 38.1 Å². The van der Waals surface area contributed by atoms with Gasteiger partial charge in [0.15, 0.2) is 5.65 Å². The summed E-state index contributed by atoms with van der Waals surface area (Å²) in [7, 11) is 0. The summed E-state index contributed by atoms with van der Waals surface area (Å²) >= 11 is 1.67. The number of H-pyrrole nitrogens is 1. The predicted octanol–water partition coefficient (Wildman–Crippen LogP) is 2.33. The predicted molar refractivity (Wildman–Crippen MR) is 116 cm³/mol. The normalized spacial score (nSPS) is 15.4. The third-order valence-electron chi connectivity index (χ3n) is 5.46. The molecule has 7 nitrogen and oxygen atoms in total. The lowest BCUT2D eigenvalue weighted by atomic mass is 10.0. The summed E-state index contributed by atoms with van der Waals surface area (Å²) in [6, 6.07) is 10.4. The summed E-state index contributed by atoms with van der Waals surface area (Å²) in [4.78, 5) is 14.8. The number of ether oxygens (including phenoxy) is 1. The minimum atomic E-state index is -0.209. The van der Waals surface area contributed by atoms with Gasteiger partial charge in [-0.15, -0.1) is 0 Å². The molecule has 0 aliphatic carbocycles. The molecule has 0 bridgehead atoms. The number of benzene rings is 1. The molecule has 0 spiro atoms. The second-order valence-corrected chi connectivity index (χ2v) is 8.05. The van der Waals surface area contributed by atoms with Gasteiger partial charge in [0.05, 0.1) is 18.7 Å². The Morgan fingerprint density at radius 2 is 2.07 bits per heavy atom. The number of nitrogens with zero attached hydrogens (tertiary/aromatic N) is 3. The molecule has 1 fully saturated rings. The first kappa shape index (κ1) is 18.5. The Bertz CT molecular complexity index is 1180. The highest BCUT2D eigenvalue weighted by Gasteiger charge is 2.13. The fourth-order valence-corrected chi connectivity index (χ4v) is 4.57. The molecule has 4 aromatic rings. The number of hydrogen-bond donors (Lipinski definition) is 2. The van der Waals surface area contributed by atoms with Gasteiger partial charge in [0.25, 0.3) is 0 Å². The maximum absolute atomic E-state index is 12.4.